The van der Waals surface area contributed by atoms with Crippen molar-refractivity contribution in [1.82, 2.24) is 9.13 Å². The summed E-state index contributed by atoms with van der Waals surface area (Å²) >= 11 is 3.85. The molecule has 0 spiro atoms. The lowest BCUT2D eigenvalue weighted by Crippen LogP contribution is -2.17. The van der Waals surface area contributed by atoms with E-state index >= 15 is 0 Å². The molecule has 4 heterocycles. The summed E-state index contributed by atoms with van der Waals surface area (Å²) in [5.74, 6) is 0. The Balaban J connectivity index is 1.07. The van der Waals surface area contributed by atoms with E-state index in [1.165, 1.54) is 91.1 Å². The SMILES string of the molecule is CC1(C)c2ccc3c4ccccc4n(-c4ccc5c(c4)c4ccccc4n5-c4ccc5oc6ccccc6c5c4)c3c2-c2ccc3c(c21)Sc1ccccc1S3. The first kappa shape index (κ1) is 31.1. The number of benzene rings is 8. The summed E-state index contributed by atoms with van der Waals surface area (Å²) in [6.07, 6.45) is 0. The maximum absolute atomic E-state index is 6.22. The Hall–Kier alpha value is -6.14. The topological polar surface area (TPSA) is 23.0 Å². The predicted octanol–water partition coefficient (Wildman–Crippen LogP) is 14.7. The third-order valence-electron chi connectivity index (χ3n) is 12.3. The lowest BCUT2D eigenvalue weighted by atomic mass is 9.82. The van der Waals surface area contributed by atoms with Crippen molar-refractivity contribution in [3.63, 3.8) is 0 Å². The van der Waals surface area contributed by atoms with E-state index in [4.69, 9.17) is 4.42 Å². The second kappa shape index (κ2) is 11.0. The second-order valence-corrected chi connectivity index (χ2v) is 17.8. The van der Waals surface area contributed by atoms with Gasteiger partial charge in [0.2, 0.25) is 0 Å². The van der Waals surface area contributed by atoms with Crippen LogP contribution in [0.1, 0.15) is 25.0 Å². The van der Waals surface area contributed by atoms with Crippen LogP contribution in [0, 0.1) is 0 Å². The van der Waals surface area contributed by atoms with Gasteiger partial charge in [0, 0.05) is 74.3 Å². The van der Waals surface area contributed by atoms with Crippen molar-refractivity contribution in [1.29, 1.82) is 0 Å². The van der Waals surface area contributed by atoms with Gasteiger partial charge in [-0.05, 0) is 89.5 Å². The second-order valence-electron chi connectivity index (χ2n) is 15.7. The Morgan fingerprint density at radius 3 is 1.93 bits per heavy atom. The van der Waals surface area contributed by atoms with Crippen molar-refractivity contribution in [3.8, 4) is 22.5 Å². The molecule has 13 rings (SSSR count). The molecule has 3 nitrogen and oxygen atoms in total. The van der Waals surface area contributed by atoms with Crippen molar-refractivity contribution in [2.45, 2.75) is 38.8 Å². The van der Waals surface area contributed by atoms with Crippen molar-refractivity contribution < 1.29 is 4.42 Å². The average Bonchev–Trinajstić information content (AvgIpc) is 3.94. The molecule has 2 aliphatic rings. The number of fused-ring (bicyclic) bond motifs is 16. The maximum Gasteiger partial charge on any atom is 0.135 e. The summed E-state index contributed by atoms with van der Waals surface area (Å²) in [5, 5.41) is 7.30. The Morgan fingerprint density at radius 1 is 0.464 bits per heavy atom. The minimum absolute atomic E-state index is 0.163. The molecule has 1 aliphatic carbocycles. The van der Waals surface area contributed by atoms with Crippen molar-refractivity contribution in [2.24, 2.45) is 0 Å². The van der Waals surface area contributed by atoms with Crippen molar-refractivity contribution in [2.75, 3.05) is 0 Å². The van der Waals surface area contributed by atoms with Crippen LogP contribution in [0.3, 0.4) is 0 Å². The van der Waals surface area contributed by atoms with Gasteiger partial charge in [0.25, 0.3) is 0 Å². The van der Waals surface area contributed by atoms with Gasteiger partial charge in [0.15, 0.2) is 0 Å². The first-order valence-electron chi connectivity index (χ1n) is 19.2. The van der Waals surface area contributed by atoms with E-state index in [0.29, 0.717) is 0 Å². The number of nitrogens with zero attached hydrogens (tertiary/aromatic N) is 2. The van der Waals surface area contributed by atoms with Crippen LogP contribution in [-0.2, 0) is 5.41 Å². The molecule has 0 amide bonds. The van der Waals surface area contributed by atoms with E-state index in [1.807, 2.05) is 35.7 Å². The molecule has 11 aromatic rings. The quantitative estimate of drug-likeness (QED) is 0.176. The van der Waals surface area contributed by atoms with Gasteiger partial charge in [0.05, 0.1) is 22.1 Å². The third kappa shape index (κ3) is 4.01. The fourth-order valence-corrected chi connectivity index (χ4v) is 12.5. The van der Waals surface area contributed by atoms with Crippen molar-refractivity contribution in [3.05, 3.63) is 169 Å². The summed E-state index contributed by atoms with van der Waals surface area (Å²) in [7, 11) is 0. The largest absolute Gasteiger partial charge is 0.456 e. The molecule has 5 heteroatoms. The van der Waals surface area contributed by atoms with Crippen LogP contribution >= 0.6 is 23.5 Å². The molecule has 1 aliphatic heterocycles. The Labute approximate surface area is 331 Å². The van der Waals surface area contributed by atoms with E-state index in [9.17, 15) is 0 Å². The number of rotatable bonds is 2. The summed E-state index contributed by atoms with van der Waals surface area (Å²) in [6.45, 7) is 4.85. The Morgan fingerprint density at radius 2 is 1.09 bits per heavy atom. The maximum atomic E-state index is 6.22. The first-order valence-corrected chi connectivity index (χ1v) is 20.8. The average molecular weight is 753 g/mol. The first-order chi connectivity index (χ1) is 27.5. The Kier molecular flexibility index (Phi) is 6.11. The van der Waals surface area contributed by atoms with Crippen molar-refractivity contribution >= 4 is 89.1 Å². The van der Waals surface area contributed by atoms with Crippen LogP contribution in [0.15, 0.2) is 182 Å². The van der Waals surface area contributed by atoms with Gasteiger partial charge in [-0.1, -0.05) is 122 Å². The van der Waals surface area contributed by atoms with Gasteiger partial charge in [0.1, 0.15) is 11.2 Å². The zero-order valence-electron chi connectivity index (χ0n) is 30.6. The van der Waals surface area contributed by atoms with Gasteiger partial charge < -0.3 is 13.6 Å². The van der Waals surface area contributed by atoms with E-state index in [1.54, 1.807) is 0 Å². The van der Waals surface area contributed by atoms with Crippen LogP contribution < -0.4 is 0 Å². The number of furan rings is 1. The molecular formula is C51H32N2OS2. The van der Waals surface area contributed by atoms with Crippen LogP contribution in [0.4, 0.5) is 0 Å². The molecule has 0 N–H and O–H groups in total. The van der Waals surface area contributed by atoms with E-state index < -0.39 is 0 Å². The summed E-state index contributed by atoms with van der Waals surface area (Å²) in [6, 6.07) is 58.1. The third-order valence-corrected chi connectivity index (χ3v) is 14.9. The van der Waals surface area contributed by atoms with Crippen LogP contribution in [-0.4, -0.2) is 9.13 Å². The molecule has 56 heavy (non-hydrogen) atoms. The summed E-state index contributed by atoms with van der Waals surface area (Å²) in [5.41, 5.74) is 14.4. The highest BCUT2D eigenvalue weighted by Gasteiger charge is 2.41. The highest BCUT2D eigenvalue weighted by Crippen LogP contribution is 2.60. The molecule has 0 radical (unpaired) electrons. The normalized spacial score (nSPS) is 14.2. The lowest BCUT2D eigenvalue weighted by molar-refractivity contribution is 0.642. The molecule has 0 unspecified atom stereocenters. The minimum Gasteiger partial charge on any atom is -0.456 e. The monoisotopic (exact) mass is 752 g/mol. The molecule has 0 bridgehead atoms. The van der Waals surface area contributed by atoms with E-state index in [2.05, 4.69) is 169 Å². The molecule has 0 atom stereocenters. The molecule has 264 valence electrons. The molecule has 3 aromatic heterocycles. The van der Waals surface area contributed by atoms with Gasteiger partial charge in [-0.25, -0.2) is 0 Å². The molecule has 0 saturated carbocycles. The minimum atomic E-state index is -0.163. The van der Waals surface area contributed by atoms with Gasteiger partial charge in [-0.2, -0.15) is 0 Å². The highest BCUT2D eigenvalue weighted by molar-refractivity contribution is 8.05. The van der Waals surface area contributed by atoms with Gasteiger partial charge >= 0.3 is 0 Å². The Bertz CT molecular complexity index is 3530. The smallest absolute Gasteiger partial charge is 0.135 e. The number of para-hydroxylation sites is 3. The highest BCUT2D eigenvalue weighted by atomic mass is 32.2. The van der Waals surface area contributed by atoms with Crippen LogP contribution in [0.25, 0.3) is 88.1 Å². The number of hydrogen-bond acceptors (Lipinski definition) is 3. The van der Waals surface area contributed by atoms with Gasteiger partial charge in [-0.3, -0.25) is 0 Å². The molecular weight excluding hydrogens is 721 g/mol. The van der Waals surface area contributed by atoms with Gasteiger partial charge in [-0.15, -0.1) is 0 Å². The number of aromatic nitrogens is 2. The fourth-order valence-electron chi connectivity index (χ4n) is 9.91. The predicted molar refractivity (Wildman–Crippen MR) is 235 cm³/mol. The standard InChI is InChI=1S/C51H32N2OS2/c1-51(2)38-23-21-34-31-11-3-7-15-40(31)53(49(34)47(38)35-22-26-46-50(48(35)51)56-45-18-10-9-17-44(45)55-46)30-19-24-41-36(27-30)32-12-4-6-14-39(32)52(41)29-20-25-43-37(28-29)33-13-5-8-16-42(33)54-43/h3-28H,1-2H3. The molecule has 0 fully saturated rings. The number of hydrogen-bond donors (Lipinski definition) is 0. The zero-order valence-corrected chi connectivity index (χ0v) is 32.3. The van der Waals surface area contributed by atoms with Crippen LogP contribution in [0.2, 0.25) is 0 Å². The zero-order chi connectivity index (χ0) is 36.9. The summed E-state index contributed by atoms with van der Waals surface area (Å²) < 4.78 is 11.2. The van der Waals surface area contributed by atoms with E-state index in [0.717, 1.165) is 27.6 Å². The summed E-state index contributed by atoms with van der Waals surface area (Å²) in [4.78, 5) is 5.44. The molecule has 0 saturated heterocycles. The fraction of sp³-hybridized carbons (Fsp3) is 0.0588. The molecule has 8 aromatic carbocycles. The van der Waals surface area contributed by atoms with E-state index in [-0.39, 0.29) is 5.41 Å². The lowest BCUT2D eigenvalue weighted by Gasteiger charge is -2.28. The van der Waals surface area contributed by atoms with Crippen LogP contribution in [0.5, 0.6) is 0 Å².